The van der Waals surface area contributed by atoms with Crippen LogP contribution in [-0.4, -0.2) is 113 Å². The monoisotopic (exact) mass is 921 g/mol. The summed E-state index contributed by atoms with van der Waals surface area (Å²) in [5.41, 5.74) is 7.44. The van der Waals surface area contributed by atoms with E-state index in [9.17, 15) is 43.2 Å². The van der Waals surface area contributed by atoms with E-state index in [-0.39, 0.29) is 57.4 Å². The fourth-order valence-electron chi connectivity index (χ4n) is 8.12. The van der Waals surface area contributed by atoms with Crippen LogP contribution >= 0.6 is 0 Å². The SMILES string of the molecule is CC(C)C[C@@H]1NC(=O)[C@@H]2CCCN2C(=O)[C@H](C)NC(=O)[C@H](CCC(N)=O)NC(=O)[C@H](C)NC(=O)[C@H](Cc2ccccc2)NC(=O)[C@H](Cc2ccccc2)NC(=O)[C@H](Cc2ccccc2)NC1=O. The molecule has 0 bridgehead atoms. The van der Waals surface area contributed by atoms with Gasteiger partial charge in [-0.15, -0.1) is 0 Å². The van der Waals surface area contributed by atoms with E-state index in [0.717, 1.165) is 0 Å². The van der Waals surface area contributed by atoms with Crippen molar-refractivity contribution in [1.29, 1.82) is 0 Å². The van der Waals surface area contributed by atoms with Gasteiger partial charge in [0, 0.05) is 32.2 Å². The average Bonchev–Trinajstić information content (AvgIpc) is 3.80. The van der Waals surface area contributed by atoms with Crippen molar-refractivity contribution in [3.05, 3.63) is 108 Å². The summed E-state index contributed by atoms with van der Waals surface area (Å²) in [6, 6.07) is 16.9. The predicted molar refractivity (Wildman–Crippen MR) is 248 cm³/mol. The Balaban J connectivity index is 1.55. The first-order chi connectivity index (χ1) is 32.0. The lowest BCUT2D eigenvalue weighted by molar-refractivity contribution is -0.142. The molecule has 0 aliphatic carbocycles. The first-order valence-corrected chi connectivity index (χ1v) is 22.8. The van der Waals surface area contributed by atoms with Gasteiger partial charge in [-0.2, -0.15) is 0 Å². The molecule has 0 saturated carbocycles. The molecule has 5 rings (SSSR count). The molecule has 358 valence electrons. The normalized spacial score (nSPS) is 25.3. The molecule has 2 aliphatic heterocycles. The highest BCUT2D eigenvalue weighted by Crippen LogP contribution is 2.20. The standard InChI is InChI=1S/C49H63N9O9/c1-29(2)25-36-45(63)55-38(27-33-17-10-6-11-18-33)47(65)56-39(28-34-19-12-7-13-20-34)46(64)54-37(26-32-15-8-5-9-16-32)44(62)51-30(3)42(60)53-35(22-23-41(50)59)43(61)52-31(4)49(67)58-24-14-21-40(58)48(66)57-36/h5-13,15-20,29-31,35-40H,14,21-28H2,1-4H3,(H2,50,59)(H,51,62)(H,52,61)(H,53,60)(H,54,64)(H,55,63)(H,56,65)(H,57,66)/t30-,31-,35-,36-,37-,38-,39-,40-/m0/s1. The number of amides is 9. The zero-order chi connectivity index (χ0) is 48.6. The third-order valence-corrected chi connectivity index (χ3v) is 11.7. The maximum absolute atomic E-state index is 14.6. The molecule has 8 atom stereocenters. The summed E-state index contributed by atoms with van der Waals surface area (Å²) in [6.45, 7) is 6.71. The Kier molecular flexibility index (Phi) is 18.5. The van der Waals surface area contributed by atoms with Gasteiger partial charge in [0.05, 0.1) is 0 Å². The van der Waals surface area contributed by atoms with Gasteiger partial charge in [-0.25, -0.2) is 0 Å². The van der Waals surface area contributed by atoms with Crippen molar-refractivity contribution < 1.29 is 43.2 Å². The summed E-state index contributed by atoms with van der Waals surface area (Å²) in [4.78, 5) is 126. The van der Waals surface area contributed by atoms with Crippen LogP contribution < -0.4 is 43.0 Å². The maximum Gasteiger partial charge on any atom is 0.245 e. The number of hydrogen-bond donors (Lipinski definition) is 8. The molecule has 0 radical (unpaired) electrons. The molecule has 18 nitrogen and oxygen atoms in total. The van der Waals surface area contributed by atoms with Gasteiger partial charge in [0.25, 0.3) is 0 Å². The maximum atomic E-state index is 14.6. The van der Waals surface area contributed by atoms with Crippen LogP contribution in [0.25, 0.3) is 0 Å². The first-order valence-electron chi connectivity index (χ1n) is 22.8. The van der Waals surface area contributed by atoms with Crippen molar-refractivity contribution in [2.24, 2.45) is 11.7 Å². The van der Waals surface area contributed by atoms with Gasteiger partial charge < -0.3 is 47.9 Å². The minimum absolute atomic E-state index is 0.0112. The van der Waals surface area contributed by atoms with Crippen LogP contribution in [0.1, 0.15) is 76.5 Å². The van der Waals surface area contributed by atoms with E-state index >= 15 is 0 Å². The number of primary amides is 1. The second-order valence-corrected chi connectivity index (χ2v) is 17.7. The average molecular weight is 922 g/mol. The van der Waals surface area contributed by atoms with Crippen molar-refractivity contribution in [3.63, 3.8) is 0 Å². The van der Waals surface area contributed by atoms with Crippen LogP contribution in [0, 0.1) is 5.92 Å². The highest BCUT2D eigenvalue weighted by atomic mass is 16.2. The number of nitrogens with zero attached hydrogens (tertiary/aromatic N) is 1. The van der Waals surface area contributed by atoms with E-state index in [1.807, 2.05) is 19.9 Å². The predicted octanol–water partition coefficient (Wildman–Crippen LogP) is 0.464. The Morgan fingerprint density at radius 3 is 1.37 bits per heavy atom. The molecule has 2 aliphatic rings. The first kappa shape index (κ1) is 50.9. The molecule has 3 aromatic rings. The lowest BCUT2D eigenvalue weighted by atomic mass is 9.99. The third-order valence-electron chi connectivity index (χ3n) is 11.7. The Morgan fingerprint density at radius 1 is 0.537 bits per heavy atom. The second-order valence-electron chi connectivity index (χ2n) is 17.7. The summed E-state index contributed by atoms with van der Waals surface area (Å²) < 4.78 is 0. The fraction of sp³-hybridized carbons (Fsp3) is 0.449. The summed E-state index contributed by atoms with van der Waals surface area (Å²) in [5.74, 6) is -6.55. The molecular weight excluding hydrogens is 859 g/mol. The molecule has 2 heterocycles. The Labute approximate surface area is 390 Å². The number of carbonyl (C=O) groups is 9. The second kappa shape index (κ2) is 24.4. The number of benzene rings is 3. The molecule has 18 heteroatoms. The number of hydrogen-bond acceptors (Lipinski definition) is 9. The Morgan fingerprint density at radius 2 is 0.925 bits per heavy atom. The highest BCUT2D eigenvalue weighted by Gasteiger charge is 2.40. The summed E-state index contributed by atoms with van der Waals surface area (Å²) in [5, 5.41) is 19.1. The van der Waals surface area contributed by atoms with Gasteiger partial charge in [0.1, 0.15) is 48.3 Å². The van der Waals surface area contributed by atoms with Crippen LogP contribution in [-0.2, 0) is 62.4 Å². The van der Waals surface area contributed by atoms with E-state index in [0.29, 0.717) is 23.1 Å². The molecule has 0 unspecified atom stereocenters. The molecule has 0 spiro atoms. The van der Waals surface area contributed by atoms with Crippen molar-refractivity contribution >= 4 is 53.2 Å². The number of rotatable bonds is 11. The topological polar surface area (TPSA) is 267 Å². The number of nitrogens with two attached hydrogens (primary N) is 1. The Bertz CT molecular complexity index is 2230. The van der Waals surface area contributed by atoms with Gasteiger partial charge in [-0.3, -0.25) is 43.2 Å². The summed E-state index contributed by atoms with van der Waals surface area (Å²) in [6.07, 6.45) is 0.320. The van der Waals surface area contributed by atoms with Gasteiger partial charge in [0.15, 0.2) is 0 Å². The van der Waals surface area contributed by atoms with Crippen molar-refractivity contribution in [2.45, 2.75) is 127 Å². The molecule has 0 aromatic heterocycles. The number of fused-ring (bicyclic) bond motifs is 1. The van der Waals surface area contributed by atoms with Crippen LogP contribution in [0.4, 0.5) is 0 Å². The van der Waals surface area contributed by atoms with Gasteiger partial charge in [0.2, 0.25) is 53.2 Å². The smallest absolute Gasteiger partial charge is 0.245 e. The van der Waals surface area contributed by atoms with E-state index in [2.05, 4.69) is 37.2 Å². The van der Waals surface area contributed by atoms with Crippen molar-refractivity contribution in [2.75, 3.05) is 6.54 Å². The van der Waals surface area contributed by atoms with Crippen molar-refractivity contribution in [1.82, 2.24) is 42.1 Å². The largest absolute Gasteiger partial charge is 0.370 e. The van der Waals surface area contributed by atoms with Gasteiger partial charge in [-0.1, -0.05) is 105 Å². The zero-order valence-corrected chi connectivity index (χ0v) is 38.4. The van der Waals surface area contributed by atoms with E-state index in [4.69, 9.17) is 5.73 Å². The minimum atomic E-state index is -1.37. The summed E-state index contributed by atoms with van der Waals surface area (Å²) in [7, 11) is 0. The Hall–Kier alpha value is -7.11. The number of nitrogens with one attached hydrogen (secondary N) is 7. The quantitative estimate of drug-likeness (QED) is 0.133. The number of carbonyl (C=O) groups excluding carboxylic acids is 9. The molecular formula is C49H63N9O9. The van der Waals surface area contributed by atoms with Crippen LogP contribution in [0.3, 0.4) is 0 Å². The minimum Gasteiger partial charge on any atom is -0.370 e. The van der Waals surface area contributed by atoms with Gasteiger partial charge >= 0.3 is 0 Å². The van der Waals surface area contributed by atoms with Crippen LogP contribution in [0.5, 0.6) is 0 Å². The molecule has 2 saturated heterocycles. The zero-order valence-electron chi connectivity index (χ0n) is 38.4. The van der Waals surface area contributed by atoms with Gasteiger partial charge in [-0.05, 0) is 62.1 Å². The van der Waals surface area contributed by atoms with E-state index < -0.39 is 101 Å². The lowest BCUT2D eigenvalue weighted by Gasteiger charge is -2.30. The van der Waals surface area contributed by atoms with Crippen LogP contribution in [0.15, 0.2) is 91.0 Å². The summed E-state index contributed by atoms with van der Waals surface area (Å²) >= 11 is 0. The molecule has 3 aromatic carbocycles. The van der Waals surface area contributed by atoms with Crippen LogP contribution in [0.2, 0.25) is 0 Å². The highest BCUT2D eigenvalue weighted by molar-refractivity contribution is 5.99. The molecule has 9 amide bonds. The fourth-order valence-corrected chi connectivity index (χ4v) is 8.12. The molecule has 2 fully saturated rings. The van der Waals surface area contributed by atoms with Crippen molar-refractivity contribution in [3.8, 4) is 0 Å². The molecule has 9 N–H and O–H groups in total. The van der Waals surface area contributed by atoms with E-state index in [1.165, 1.54) is 18.7 Å². The van der Waals surface area contributed by atoms with E-state index in [1.54, 1.807) is 84.9 Å². The lowest BCUT2D eigenvalue weighted by Crippen LogP contribution is -2.61. The third kappa shape index (κ3) is 15.2. The molecule has 67 heavy (non-hydrogen) atoms.